The van der Waals surface area contributed by atoms with Crippen LogP contribution in [0.3, 0.4) is 0 Å². The Morgan fingerprint density at radius 2 is 1.61 bits per heavy atom. The molecule has 2 rings (SSSR count). The lowest BCUT2D eigenvalue weighted by Gasteiger charge is -2.18. The van der Waals surface area contributed by atoms with Crippen LogP contribution >= 0.6 is 0 Å². The van der Waals surface area contributed by atoms with Crippen molar-refractivity contribution in [1.29, 1.82) is 0 Å². The first-order valence-electron chi connectivity index (χ1n) is 10.0. The van der Waals surface area contributed by atoms with Gasteiger partial charge in [0.05, 0.1) is 0 Å². The molecule has 0 atom stereocenters. The molecule has 0 bridgehead atoms. The fourth-order valence-corrected chi connectivity index (χ4v) is 2.82. The van der Waals surface area contributed by atoms with E-state index in [0.29, 0.717) is 29.9 Å². The van der Waals surface area contributed by atoms with Crippen molar-refractivity contribution in [2.75, 3.05) is 31.6 Å². The minimum atomic E-state index is -0.726. The van der Waals surface area contributed by atoms with E-state index in [4.69, 9.17) is 4.74 Å². The summed E-state index contributed by atoms with van der Waals surface area (Å²) in [4.78, 5) is 49.8. The molecule has 0 aromatic heterocycles. The molecular formula is C23H27N3O5. The largest absolute Gasteiger partial charge is 0.454 e. The van der Waals surface area contributed by atoms with Crippen molar-refractivity contribution in [2.24, 2.45) is 0 Å². The highest BCUT2D eigenvalue weighted by Gasteiger charge is 2.13. The predicted octanol–water partition coefficient (Wildman–Crippen LogP) is 2.39. The molecule has 8 nitrogen and oxygen atoms in total. The van der Waals surface area contributed by atoms with Crippen molar-refractivity contribution in [1.82, 2.24) is 10.2 Å². The van der Waals surface area contributed by atoms with E-state index in [1.807, 2.05) is 26.8 Å². The number of rotatable bonds is 9. The van der Waals surface area contributed by atoms with Crippen LogP contribution < -0.4 is 10.6 Å². The van der Waals surface area contributed by atoms with E-state index in [-0.39, 0.29) is 12.5 Å². The number of aryl methyl sites for hydroxylation is 1. The molecule has 2 aromatic carbocycles. The van der Waals surface area contributed by atoms with Crippen LogP contribution in [-0.4, -0.2) is 54.8 Å². The van der Waals surface area contributed by atoms with E-state index >= 15 is 0 Å². The van der Waals surface area contributed by atoms with E-state index < -0.39 is 24.4 Å². The van der Waals surface area contributed by atoms with E-state index in [2.05, 4.69) is 10.6 Å². The predicted molar refractivity (Wildman–Crippen MR) is 117 cm³/mol. The zero-order chi connectivity index (χ0) is 22.8. The van der Waals surface area contributed by atoms with Gasteiger partial charge in [0.15, 0.2) is 6.61 Å². The lowest BCUT2D eigenvalue weighted by Crippen LogP contribution is -2.32. The third kappa shape index (κ3) is 7.26. The van der Waals surface area contributed by atoms with Crippen LogP contribution in [0.1, 0.15) is 40.1 Å². The van der Waals surface area contributed by atoms with Gasteiger partial charge in [-0.05, 0) is 57.2 Å². The van der Waals surface area contributed by atoms with Crippen LogP contribution in [0.25, 0.3) is 0 Å². The highest BCUT2D eigenvalue weighted by Crippen LogP contribution is 2.12. The van der Waals surface area contributed by atoms with Crippen molar-refractivity contribution < 1.29 is 23.9 Å². The Morgan fingerprint density at radius 3 is 2.23 bits per heavy atom. The van der Waals surface area contributed by atoms with Gasteiger partial charge in [-0.1, -0.05) is 17.7 Å². The molecule has 0 saturated carbocycles. The van der Waals surface area contributed by atoms with E-state index in [0.717, 1.165) is 5.56 Å². The van der Waals surface area contributed by atoms with Crippen molar-refractivity contribution in [3.05, 3.63) is 65.2 Å². The van der Waals surface area contributed by atoms with Crippen LogP contribution in [0.2, 0.25) is 0 Å². The fourth-order valence-electron chi connectivity index (χ4n) is 2.82. The Hall–Kier alpha value is -3.68. The van der Waals surface area contributed by atoms with Gasteiger partial charge in [-0.3, -0.25) is 19.2 Å². The normalized spacial score (nSPS) is 10.2. The summed E-state index contributed by atoms with van der Waals surface area (Å²) in [6, 6.07) is 13.4. The number of anilines is 1. The third-order valence-electron chi connectivity index (χ3n) is 4.50. The van der Waals surface area contributed by atoms with Crippen LogP contribution in [0.5, 0.6) is 0 Å². The zero-order valence-corrected chi connectivity index (χ0v) is 17.9. The summed E-state index contributed by atoms with van der Waals surface area (Å²) >= 11 is 0. The van der Waals surface area contributed by atoms with Crippen molar-refractivity contribution >= 4 is 29.4 Å². The molecule has 0 unspecified atom stereocenters. The van der Waals surface area contributed by atoms with Crippen molar-refractivity contribution in [3.8, 4) is 0 Å². The maximum Gasteiger partial charge on any atom is 0.325 e. The highest BCUT2D eigenvalue weighted by atomic mass is 16.5. The van der Waals surface area contributed by atoms with Gasteiger partial charge >= 0.3 is 5.97 Å². The first-order valence-corrected chi connectivity index (χ1v) is 10.0. The lowest BCUT2D eigenvalue weighted by atomic mass is 10.1. The summed E-state index contributed by atoms with van der Waals surface area (Å²) in [6.45, 7) is 6.08. The Labute approximate surface area is 181 Å². The Balaban J connectivity index is 1.76. The summed E-state index contributed by atoms with van der Waals surface area (Å²) in [5.41, 5.74) is 2.37. The van der Waals surface area contributed by atoms with Crippen LogP contribution in [0.15, 0.2) is 48.5 Å². The molecule has 8 heteroatoms. The molecular weight excluding hydrogens is 398 g/mol. The number of carbonyl (C=O) groups is 4. The number of nitrogens with one attached hydrogen (secondary N) is 2. The summed E-state index contributed by atoms with van der Waals surface area (Å²) in [5, 5.41) is 5.04. The maximum absolute atomic E-state index is 12.3. The van der Waals surface area contributed by atoms with Crippen LogP contribution in [0.4, 0.5) is 5.69 Å². The maximum atomic E-state index is 12.3. The van der Waals surface area contributed by atoms with Gasteiger partial charge in [-0.15, -0.1) is 0 Å². The second kappa shape index (κ2) is 11.5. The SMILES string of the molecule is CCN(CC)C(=O)c1ccc(NC(=O)COC(=O)CNC(=O)c2cccc(C)c2)cc1. The van der Waals surface area contributed by atoms with Crippen LogP contribution in [-0.2, 0) is 14.3 Å². The van der Waals surface area contributed by atoms with Crippen LogP contribution in [0, 0.1) is 6.92 Å². The Kier molecular flexibility index (Phi) is 8.75. The fraction of sp³-hybridized carbons (Fsp3) is 0.304. The Morgan fingerprint density at radius 1 is 0.935 bits per heavy atom. The number of esters is 1. The number of nitrogens with zero attached hydrogens (tertiary/aromatic N) is 1. The third-order valence-corrected chi connectivity index (χ3v) is 4.50. The van der Waals surface area contributed by atoms with Gasteiger partial charge < -0.3 is 20.3 Å². The van der Waals surface area contributed by atoms with Gasteiger partial charge in [0, 0.05) is 29.9 Å². The van der Waals surface area contributed by atoms with Gasteiger partial charge in [0.25, 0.3) is 17.7 Å². The molecule has 0 spiro atoms. The van der Waals surface area contributed by atoms with Gasteiger partial charge in [-0.2, -0.15) is 0 Å². The van der Waals surface area contributed by atoms with E-state index in [9.17, 15) is 19.2 Å². The second-order valence-electron chi connectivity index (χ2n) is 6.82. The van der Waals surface area contributed by atoms with Gasteiger partial charge in [-0.25, -0.2) is 0 Å². The molecule has 0 aliphatic heterocycles. The molecule has 0 aliphatic rings. The second-order valence-corrected chi connectivity index (χ2v) is 6.82. The van der Waals surface area contributed by atoms with Crippen molar-refractivity contribution in [3.63, 3.8) is 0 Å². The molecule has 0 aliphatic carbocycles. The summed E-state index contributed by atoms with van der Waals surface area (Å²) in [7, 11) is 0. The zero-order valence-electron chi connectivity index (χ0n) is 17.9. The van der Waals surface area contributed by atoms with Gasteiger partial charge in [0.2, 0.25) is 0 Å². The monoisotopic (exact) mass is 425 g/mol. The number of benzene rings is 2. The van der Waals surface area contributed by atoms with E-state index in [1.54, 1.807) is 47.4 Å². The average molecular weight is 425 g/mol. The van der Waals surface area contributed by atoms with E-state index in [1.165, 1.54) is 0 Å². The molecule has 3 amide bonds. The smallest absolute Gasteiger partial charge is 0.325 e. The molecule has 2 aromatic rings. The molecule has 2 N–H and O–H groups in total. The minimum absolute atomic E-state index is 0.0792. The summed E-state index contributed by atoms with van der Waals surface area (Å²) in [6.07, 6.45) is 0. The number of amides is 3. The number of hydrogen-bond donors (Lipinski definition) is 2. The number of ether oxygens (including phenoxy) is 1. The topological polar surface area (TPSA) is 105 Å². The first-order chi connectivity index (χ1) is 14.8. The average Bonchev–Trinajstić information content (AvgIpc) is 2.77. The van der Waals surface area contributed by atoms with Crippen molar-refractivity contribution in [2.45, 2.75) is 20.8 Å². The number of hydrogen-bond acceptors (Lipinski definition) is 5. The molecule has 164 valence electrons. The lowest BCUT2D eigenvalue weighted by molar-refractivity contribution is -0.146. The summed E-state index contributed by atoms with van der Waals surface area (Å²) in [5.74, 6) is -1.73. The molecule has 0 heterocycles. The highest BCUT2D eigenvalue weighted by molar-refractivity contribution is 5.97. The molecule has 0 saturated heterocycles. The molecule has 0 radical (unpaired) electrons. The standard InChI is InChI=1S/C23H27N3O5/c1-4-26(5-2)23(30)17-9-11-19(12-10-17)25-20(27)15-31-21(28)14-24-22(29)18-8-6-7-16(3)13-18/h6-13H,4-5,14-15H2,1-3H3,(H,24,29)(H,25,27). The van der Waals surface area contributed by atoms with Gasteiger partial charge in [0.1, 0.15) is 6.54 Å². The summed E-state index contributed by atoms with van der Waals surface area (Å²) < 4.78 is 4.88. The Bertz CT molecular complexity index is 936. The molecule has 31 heavy (non-hydrogen) atoms. The minimum Gasteiger partial charge on any atom is -0.454 e. The molecule has 0 fully saturated rings. The quantitative estimate of drug-likeness (QED) is 0.600. The number of carbonyl (C=O) groups excluding carboxylic acids is 4. The first kappa shape index (κ1) is 23.6.